The molecule has 0 spiro atoms. The molecule has 0 saturated carbocycles. The van der Waals surface area contributed by atoms with Gasteiger partial charge in [0.25, 0.3) is 0 Å². The summed E-state index contributed by atoms with van der Waals surface area (Å²) in [7, 11) is -4.06. The SMILES string of the molecule is O=P([O-])(c1ccccc1)c1nccn1-c1ccc(Cl)nn1.[Na]. The third kappa shape index (κ3) is 3.33. The van der Waals surface area contributed by atoms with Crippen molar-refractivity contribution in [2.75, 3.05) is 0 Å². The van der Waals surface area contributed by atoms with Crippen molar-refractivity contribution >= 4 is 59.4 Å². The first-order valence-corrected chi connectivity index (χ1v) is 7.99. The Labute approximate surface area is 153 Å². The zero-order valence-corrected chi connectivity index (χ0v) is 15.3. The van der Waals surface area contributed by atoms with E-state index < -0.39 is 7.37 Å². The number of benzene rings is 1. The van der Waals surface area contributed by atoms with E-state index in [2.05, 4.69) is 15.2 Å². The summed E-state index contributed by atoms with van der Waals surface area (Å²) < 4.78 is 14.0. The molecule has 22 heavy (non-hydrogen) atoms. The van der Waals surface area contributed by atoms with Gasteiger partial charge >= 0.3 is 0 Å². The third-order valence-electron chi connectivity index (χ3n) is 2.85. The van der Waals surface area contributed by atoms with Gasteiger partial charge in [-0.3, -0.25) is 4.57 Å². The quantitative estimate of drug-likeness (QED) is 0.512. The number of aromatic nitrogens is 4. The molecule has 0 aliphatic rings. The van der Waals surface area contributed by atoms with Crippen LogP contribution < -0.4 is 15.8 Å². The van der Waals surface area contributed by atoms with Gasteiger partial charge in [-0.05, 0) is 12.1 Å². The summed E-state index contributed by atoms with van der Waals surface area (Å²) in [6, 6.07) is 11.2. The van der Waals surface area contributed by atoms with Gasteiger partial charge in [0.05, 0.1) is 0 Å². The van der Waals surface area contributed by atoms with Crippen molar-refractivity contribution < 1.29 is 9.46 Å². The standard InChI is InChI=1S/C13H10ClN4O2P.Na/c14-11-6-7-12(17-16-11)18-9-8-15-13(18)21(19,20)10-4-2-1-3-5-10;/h1-9H,(H,19,20);/p-1. The zero-order valence-electron chi connectivity index (χ0n) is 11.6. The second-order valence-electron chi connectivity index (χ2n) is 4.20. The van der Waals surface area contributed by atoms with Gasteiger partial charge in [-0.2, -0.15) is 0 Å². The first-order chi connectivity index (χ1) is 10.1. The Balaban J connectivity index is 0.00000176. The van der Waals surface area contributed by atoms with Gasteiger partial charge in [-0.15, -0.1) is 10.2 Å². The summed E-state index contributed by atoms with van der Waals surface area (Å²) in [5.41, 5.74) is -0.0923. The van der Waals surface area contributed by atoms with Crippen LogP contribution in [0.15, 0.2) is 54.9 Å². The van der Waals surface area contributed by atoms with Gasteiger partial charge in [-0.1, -0.05) is 41.9 Å². The number of imidazole rings is 1. The van der Waals surface area contributed by atoms with E-state index >= 15 is 0 Å². The summed E-state index contributed by atoms with van der Waals surface area (Å²) in [4.78, 5) is 16.6. The number of nitrogens with zero attached hydrogens (tertiary/aromatic N) is 4. The Bertz CT molecular complexity index is 810. The van der Waals surface area contributed by atoms with Crippen LogP contribution in [0.4, 0.5) is 0 Å². The zero-order chi connectivity index (χ0) is 14.9. The van der Waals surface area contributed by atoms with Crippen molar-refractivity contribution in [2.24, 2.45) is 0 Å². The molecule has 9 heteroatoms. The molecule has 3 rings (SSSR count). The van der Waals surface area contributed by atoms with Crippen LogP contribution in [0.3, 0.4) is 0 Å². The molecule has 1 radical (unpaired) electrons. The summed E-state index contributed by atoms with van der Waals surface area (Å²) in [6.45, 7) is 0. The van der Waals surface area contributed by atoms with E-state index in [1.807, 2.05) is 0 Å². The molecule has 0 amide bonds. The van der Waals surface area contributed by atoms with Crippen LogP contribution in [0.1, 0.15) is 0 Å². The van der Waals surface area contributed by atoms with Crippen molar-refractivity contribution in [2.45, 2.75) is 0 Å². The number of rotatable bonds is 3. The fourth-order valence-corrected chi connectivity index (χ4v) is 3.44. The Morgan fingerprint density at radius 3 is 2.45 bits per heavy atom. The largest absolute Gasteiger partial charge is 0.790 e. The molecule has 0 N–H and O–H groups in total. The van der Waals surface area contributed by atoms with E-state index in [1.165, 1.54) is 35.2 Å². The second-order valence-corrected chi connectivity index (χ2v) is 6.61. The van der Waals surface area contributed by atoms with Crippen molar-refractivity contribution in [1.82, 2.24) is 19.7 Å². The van der Waals surface area contributed by atoms with E-state index in [0.29, 0.717) is 5.82 Å². The predicted octanol–water partition coefficient (Wildman–Crippen LogP) is 0.524. The molecule has 1 atom stereocenters. The van der Waals surface area contributed by atoms with Crippen molar-refractivity contribution in [3.63, 3.8) is 0 Å². The minimum absolute atomic E-state index is 0. The number of hydrogen-bond donors (Lipinski definition) is 0. The number of hydrogen-bond acceptors (Lipinski definition) is 5. The summed E-state index contributed by atoms with van der Waals surface area (Å²) in [5, 5.41) is 8.00. The van der Waals surface area contributed by atoms with Crippen LogP contribution in [0.2, 0.25) is 5.15 Å². The summed E-state index contributed by atoms with van der Waals surface area (Å²) in [6.07, 6.45) is 2.92. The smallest absolute Gasteiger partial charge is 0.165 e. The molecular weight excluding hydrogens is 334 g/mol. The van der Waals surface area contributed by atoms with Crippen molar-refractivity contribution in [3.05, 3.63) is 60.0 Å². The van der Waals surface area contributed by atoms with Crippen molar-refractivity contribution in [3.8, 4) is 5.82 Å². The molecule has 107 valence electrons. The molecular formula is C13H9ClN4NaO2P-. The Kier molecular flexibility index (Phi) is 5.55. The Morgan fingerprint density at radius 1 is 1.09 bits per heavy atom. The van der Waals surface area contributed by atoms with E-state index in [0.717, 1.165) is 0 Å². The third-order valence-corrected chi connectivity index (χ3v) is 4.88. The molecule has 0 fully saturated rings. The van der Waals surface area contributed by atoms with Gasteiger partial charge < -0.3 is 9.46 Å². The first-order valence-electron chi connectivity index (χ1n) is 5.99. The van der Waals surface area contributed by atoms with Gasteiger partial charge in [0.1, 0.15) is 7.37 Å². The maximum absolute atomic E-state index is 12.6. The van der Waals surface area contributed by atoms with E-state index in [-0.39, 0.29) is 45.6 Å². The van der Waals surface area contributed by atoms with Crippen LogP contribution in [0.25, 0.3) is 5.82 Å². The molecule has 2 aromatic heterocycles. The van der Waals surface area contributed by atoms with Crippen molar-refractivity contribution in [1.29, 1.82) is 0 Å². The van der Waals surface area contributed by atoms with Gasteiger partial charge in [0.2, 0.25) is 0 Å². The normalized spacial score (nSPS) is 13.2. The molecule has 0 aliphatic carbocycles. The maximum Gasteiger partial charge on any atom is 0.165 e. The molecule has 0 saturated heterocycles. The summed E-state index contributed by atoms with van der Waals surface area (Å²) >= 11 is 5.68. The van der Waals surface area contributed by atoms with Crippen LogP contribution >= 0.6 is 19.0 Å². The van der Waals surface area contributed by atoms with E-state index in [4.69, 9.17) is 11.6 Å². The minimum atomic E-state index is -4.06. The predicted molar refractivity (Wildman–Crippen MR) is 83.2 cm³/mol. The van der Waals surface area contributed by atoms with Crippen LogP contribution in [0, 0.1) is 0 Å². The Morgan fingerprint density at radius 2 is 1.82 bits per heavy atom. The summed E-state index contributed by atoms with van der Waals surface area (Å²) in [5.74, 6) is 0.332. The number of halogens is 1. The molecule has 2 heterocycles. The minimum Gasteiger partial charge on any atom is -0.790 e. The van der Waals surface area contributed by atoms with Crippen LogP contribution in [-0.2, 0) is 4.57 Å². The average molecular weight is 343 g/mol. The maximum atomic E-state index is 12.6. The first kappa shape index (κ1) is 17.3. The second kappa shape index (κ2) is 7.04. The fraction of sp³-hybridized carbons (Fsp3) is 0. The molecule has 1 unspecified atom stereocenters. The average Bonchev–Trinajstić information content (AvgIpc) is 2.99. The molecule has 1 aromatic carbocycles. The van der Waals surface area contributed by atoms with Crippen LogP contribution in [0.5, 0.6) is 0 Å². The molecule has 0 aliphatic heterocycles. The Hall–Kier alpha value is -1.01. The molecule has 0 bridgehead atoms. The van der Waals surface area contributed by atoms with Gasteiger partial charge in [0, 0.05) is 47.3 Å². The fourth-order valence-electron chi connectivity index (χ4n) is 1.87. The van der Waals surface area contributed by atoms with Gasteiger partial charge in [-0.25, -0.2) is 4.98 Å². The van der Waals surface area contributed by atoms with Gasteiger partial charge in [0.15, 0.2) is 16.5 Å². The van der Waals surface area contributed by atoms with E-state index in [1.54, 1.807) is 24.3 Å². The molecule has 6 nitrogen and oxygen atoms in total. The van der Waals surface area contributed by atoms with Crippen LogP contribution in [-0.4, -0.2) is 49.3 Å². The monoisotopic (exact) mass is 342 g/mol. The molecule has 3 aromatic rings. The van der Waals surface area contributed by atoms with E-state index in [9.17, 15) is 9.46 Å². The topological polar surface area (TPSA) is 83.7 Å².